The van der Waals surface area contributed by atoms with Crippen molar-refractivity contribution in [1.82, 2.24) is 19.4 Å². The van der Waals surface area contributed by atoms with Crippen molar-refractivity contribution in [2.24, 2.45) is 5.73 Å². The molecule has 0 aliphatic carbocycles. The Morgan fingerprint density at radius 2 is 1.96 bits per heavy atom. The van der Waals surface area contributed by atoms with Crippen molar-refractivity contribution in [2.45, 2.75) is 0 Å². The van der Waals surface area contributed by atoms with Crippen molar-refractivity contribution in [3.05, 3.63) is 71.9 Å². The number of anilines is 2. The van der Waals surface area contributed by atoms with E-state index in [1.807, 2.05) is 24.3 Å². The van der Waals surface area contributed by atoms with Crippen LogP contribution in [0.3, 0.4) is 0 Å². The predicted octanol–water partition coefficient (Wildman–Crippen LogP) is 3.29. The van der Waals surface area contributed by atoms with E-state index in [0.717, 1.165) is 11.3 Å². The molecule has 1 amide bonds. The summed E-state index contributed by atoms with van der Waals surface area (Å²) in [5.74, 6) is -0.0984. The lowest BCUT2D eigenvalue weighted by Gasteiger charge is -2.08. The van der Waals surface area contributed by atoms with Gasteiger partial charge in [-0.25, -0.2) is 9.97 Å². The Balaban J connectivity index is 1.87. The number of carbonyl (C=O) groups excluding carboxylic acids is 1. The third-order valence-corrected chi connectivity index (χ3v) is 4.06. The Hall–Kier alpha value is -3.45. The standard InChI is InChI=1S/C18H13ClN6O/c19-12-5-3-11(4-6-12)14-10-25-15(16(20)26)9-22-17(18(25)24-14)23-13-2-1-7-21-8-13/h1-10H,(H2,20,26)(H,22,23). The fourth-order valence-corrected chi connectivity index (χ4v) is 2.71. The number of aromatic nitrogens is 4. The lowest BCUT2D eigenvalue weighted by Crippen LogP contribution is -2.16. The third-order valence-electron chi connectivity index (χ3n) is 3.81. The molecule has 0 atom stereocenters. The molecule has 0 unspecified atom stereocenters. The largest absolute Gasteiger partial charge is 0.364 e. The highest BCUT2D eigenvalue weighted by Gasteiger charge is 2.15. The maximum Gasteiger partial charge on any atom is 0.267 e. The average molecular weight is 365 g/mol. The maximum atomic E-state index is 11.8. The van der Waals surface area contributed by atoms with Gasteiger partial charge in [-0.3, -0.25) is 14.2 Å². The molecule has 128 valence electrons. The van der Waals surface area contributed by atoms with Crippen molar-refractivity contribution < 1.29 is 4.79 Å². The number of fused-ring (bicyclic) bond motifs is 1. The van der Waals surface area contributed by atoms with Crippen molar-refractivity contribution in [1.29, 1.82) is 0 Å². The minimum atomic E-state index is -0.588. The smallest absolute Gasteiger partial charge is 0.267 e. The second-order valence-electron chi connectivity index (χ2n) is 5.55. The molecule has 0 aliphatic heterocycles. The van der Waals surface area contributed by atoms with Gasteiger partial charge in [-0.2, -0.15) is 0 Å². The van der Waals surface area contributed by atoms with E-state index < -0.39 is 5.91 Å². The molecule has 0 radical (unpaired) electrons. The highest BCUT2D eigenvalue weighted by atomic mass is 35.5. The number of nitrogens with one attached hydrogen (secondary N) is 1. The number of nitrogens with two attached hydrogens (primary N) is 1. The average Bonchev–Trinajstić information content (AvgIpc) is 3.09. The first kappa shape index (κ1) is 16.0. The summed E-state index contributed by atoms with van der Waals surface area (Å²) in [5.41, 5.74) is 8.49. The highest BCUT2D eigenvalue weighted by Crippen LogP contribution is 2.26. The summed E-state index contributed by atoms with van der Waals surface area (Å²) < 4.78 is 1.62. The zero-order chi connectivity index (χ0) is 18.1. The van der Waals surface area contributed by atoms with Gasteiger partial charge in [0.2, 0.25) is 0 Å². The van der Waals surface area contributed by atoms with Gasteiger partial charge in [0, 0.05) is 23.0 Å². The van der Waals surface area contributed by atoms with Crippen LogP contribution in [0.2, 0.25) is 5.02 Å². The van der Waals surface area contributed by atoms with Crippen LogP contribution in [0.1, 0.15) is 10.5 Å². The Bertz CT molecular complexity index is 1090. The second-order valence-corrected chi connectivity index (χ2v) is 5.99. The molecule has 3 N–H and O–H groups in total. The van der Waals surface area contributed by atoms with Gasteiger partial charge in [0.25, 0.3) is 5.91 Å². The molecule has 3 heterocycles. The van der Waals surface area contributed by atoms with Gasteiger partial charge in [-0.15, -0.1) is 0 Å². The topological polar surface area (TPSA) is 98.2 Å². The molecule has 0 fully saturated rings. The number of rotatable bonds is 4. The normalized spacial score (nSPS) is 10.8. The van der Waals surface area contributed by atoms with Crippen LogP contribution in [0.4, 0.5) is 11.5 Å². The minimum absolute atomic E-state index is 0.240. The fourth-order valence-electron chi connectivity index (χ4n) is 2.58. The minimum Gasteiger partial charge on any atom is -0.364 e. The van der Waals surface area contributed by atoms with Crippen LogP contribution in [-0.4, -0.2) is 25.3 Å². The number of amides is 1. The van der Waals surface area contributed by atoms with Crippen LogP contribution in [0.5, 0.6) is 0 Å². The van der Waals surface area contributed by atoms with Crippen LogP contribution in [-0.2, 0) is 0 Å². The number of imidazole rings is 1. The SMILES string of the molecule is NC(=O)c1cnc(Nc2cccnc2)c2nc(-c3ccc(Cl)cc3)cn12. The van der Waals surface area contributed by atoms with E-state index in [0.29, 0.717) is 22.2 Å². The summed E-state index contributed by atoms with van der Waals surface area (Å²) in [5, 5.41) is 3.79. The Morgan fingerprint density at radius 1 is 1.15 bits per heavy atom. The van der Waals surface area contributed by atoms with E-state index in [4.69, 9.17) is 17.3 Å². The van der Waals surface area contributed by atoms with E-state index in [1.54, 1.807) is 35.1 Å². The lowest BCUT2D eigenvalue weighted by molar-refractivity contribution is 0.0994. The van der Waals surface area contributed by atoms with Crippen molar-refractivity contribution in [2.75, 3.05) is 5.32 Å². The van der Waals surface area contributed by atoms with Crippen LogP contribution in [0, 0.1) is 0 Å². The van der Waals surface area contributed by atoms with Gasteiger partial charge in [0.1, 0.15) is 5.69 Å². The predicted molar refractivity (Wildman–Crippen MR) is 99.5 cm³/mol. The zero-order valence-electron chi connectivity index (χ0n) is 13.4. The third kappa shape index (κ3) is 2.96. The molecule has 4 rings (SSSR count). The van der Waals surface area contributed by atoms with Crippen molar-refractivity contribution >= 4 is 34.7 Å². The summed E-state index contributed by atoms with van der Waals surface area (Å²) in [7, 11) is 0. The van der Waals surface area contributed by atoms with Gasteiger partial charge < -0.3 is 11.1 Å². The first-order valence-electron chi connectivity index (χ1n) is 7.73. The Kier molecular flexibility index (Phi) is 3.98. The van der Waals surface area contributed by atoms with Crippen LogP contribution in [0.15, 0.2) is 61.2 Å². The molecule has 4 aromatic rings. The number of carbonyl (C=O) groups is 1. The van der Waals surface area contributed by atoms with E-state index in [-0.39, 0.29) is 5.69 Å². The van der Waals surface area contributed by atoms with Crippen LogP contribution >= 0.6 is 11.6 Å². The molecule has 26 heavy (non-hydrogen) atoms. The van der Waals surface area contributed by atoms with Gasteiger partial charge in [-0.1, -0.05) is 23.7 Å². The number of halogens is 1. The molecule has 8 heteroatoms. The quantitative estimate of drug-likeness (QED) is 0.579. The number of hydrogen-bond acceptors (Lipinski definition) is 5. The number of hydrogen-bond donors (Lipinski definition) is 2. The van der Waals surface area contributed by atoms with E-state index >= 15 is 0 Å². The molecule has 0 saturated carbocycles. The van der Waals surface area contributed by atoms with Crippen molar-refractivity contribution in [3.63, 3.8) is 0 Å². The molecule has 0 spiro atoms. The summed E-state index contributed by atoms with van der Waals surface area (Å²) in [6, 6.07) is 10.9. The number of benzene rings is 1. The summed E-state index contributed by atoms with van der Waals surface area (Å²) in [6.07, 6.45) is 6.51. The summed E-state index contributed by atoms with van der Waals surface area (Å²) >= 11 is 5.95. The van der Waals surface area contributed by atoms with E-state index in [1.165, 1.54) is 6.20 Å². The monoisotopic (exact) mass is 364 g/mol. The van der Waals surface area contributed by atoms with Gasteiger partial charge in [-0.05, 0) is 24.3 Å². The van der Waals surface area contributed by atoms with Gasteiger partial charge >= 0.3 is 0 Å². The number of pyridine rings is 1. The number of nitrogens with zero attached hydrogens (tertiary/aromatic N) is 4. The lowest BCUT2D eigenvalue weighted by atomic mass is 10.2. The number of primary amides is 1. The van der Waals surface area contributed by atoms with E-state index in [9.17, 15) is 4.79 Å². The maximum absolute atomic E-state index is 11.8. The molecule has 3 aromatic heterocycles. The Labute approximate surface area is 153 Å². The second kappa shape index (κ2) is 6.45. The first-order valence-corrected chi connectivity index (χ1v) is 8.10. The highest BCUT2D eigenvalue weighted by molar-refractivity contribution is 6.30. The molecular formula is C18H13ClN6O. The van der Waals surface area contributed by atoms with Gasteiger partial charge in [0.05, 0.1) is 23.8 Å². The molecule has 0 aliphatic rings. The molecule has 0 saturated heterocycles. The fraction of sp³-hybridized carbons (Fsp3) is 0. The molecular weight excluding hydrogens is 352 g/mol. The van der Waals surface area contributed by atoms with Crippen molar-refractivity contribution in [3.8, 4) is 11.3 Å². The molecule has 7 nitrogen and oxygen atoms in total. The van der Waals surface area contributed by atoms with Crippen LogP contribution in [0.25, 0.3) is 16.9 Å². The van der Waals surface area contributed by atoms with Gasteiger partial charge in [0.15, 0.2) is 11.5 Å². The zero-order valence-corrected chi connectivity index (χ0v) is 14.2. The van der Waals surface area contributed by atoms with E-state index in [2.05, 4.69) is 20.3 Å². The molecule has 0 bridgehead atoms. The molecule has 1 aromatic carbocycles. The van der Waals surface area contributed by atoms with Crippen LogP contribution < -0.4 is 11.1 Å². The Morgan fingerprint density at radius 3 is 2.65 bits per heavy atom. The first-order chi connectivity index (χ1) is 12.6. The summed E-state index contributed by atoms with van der Waals surface area (Å²) in [4.78, 5) is 24.7. The summed E-state index contributed by atoms with van der Waals surface area (Å²) in [6.45, 7) is 0.